The molecule has 130 valence electrons. The van der Waals surface area contributed by atoms with E-state index >= 15 is 0 Å². The van der Waals surface area contributed by atoms with Gasteiger partial charge in [-0.3, -0.25) is 20.4 Å². The number of benzene rings is 2. The third-order valence-electron chi connectivity index (χ3n) is 3.35. The van der Waals surface area contributed by atoms with Gasteiger partial charge in [0, 0.05) is 5.56 Å². The number of hydrogen-bond donors (Lipinski definition) is 2. The zero-order chi connectivity index (χ0) is 18.0. The standard InChI is InChI=1S/C16H11ClF2N2O4/c17-10-7-12(19)11(18)6-9(10)16(23)21-20-15(22)8-1-2-13-14(5-8)25-4-3-24-13/h1-2,5-7H,3-4H2,(H,20,22)(H,21,23). The third-order valence-corrected chi connectivity index (χ3v) is 3.66. The molecule has 9 heteroatoms. The number of carbonyl (C=O) groups is 2. The van der Waals surface area contributed by atoms with Gasteiger partial charge in [0.15, 0.2) is 23.1 Å². The zero-order valence-electron chi connectivity index (χ0n) is 12.6. The summed E-state index contributed by atoms with van der Waals surface area (Å²) >= 11 is 5.70. The maximum absolute atomic E-state index is 13.2. The molecule has 6 nitrogen and oxygen atoms in total. The smallest absolute Gasteiger partial charge is 0.271 e. The quantitative estimate of drug-likeness (QED) is 0.630. The molecule has 0 aromatic heterocycles. The lowest BCUT2D eigenvalue weighted by molar-refractivity contribution is 0.0846. The summed E-state index contributed by atoms with van der Waals surface area (Å²) in [7, 11) is 0. The zero-order valence-corrected chi connectivity index (χ0v) is 13.3. The van der Waals surface area contributed by atoms with Crippen molar-refractivity contribution in [3.05, 3.63) is 58.1 Å². The number of fused-ring (bicyclic) bond motifs is 1. The number of amides is 2. The Balaban J connectivity index is 1.68. The molecule has 0 spiro atoms. The number of rotatable bonds is 2. The van der Waals surface area contributed by atoms with Crippen LogP contribution in [0.2, 0.25) is 5.02 Å². The Labute approximate surface area is 145 Å². The van der Waals surface area contributed by atoms with Gasteiger partial charge in [-0.2, -0.15) is 0 Å². The fourth-order valence-corrected chi connectivity index (χ4v) is 2.37. The largest absolute Gasteiger partial charge is 0.486 e. The second-order valence-electron chi connectivity index (χ2n) is 5.01. The molecule has 0 radical (unpaired) electrons. The fraction of sp³-hybridized carbons (Fsp3) is 0.125. The van der Waals surface area contributed by atoms with Crippen molar-refractivity contribution < 1.29 is 27.8 Å². The molecule has 0 bridgehead atoms. The van der Waals surface area contributed by atoms with E-state index in [1.807, 2.05) is 0 Å². The van der Waals surface area contributed by atoms with Crippen LogP contribution in [0.3, 0.4) is 0 Å². The van der Waals surface area contributed by atoms with Crippen LogP contribution in [0.4, 0.5) is 8.78 Å². The summed E-state index contributed by atoms with van der Waals surface area (Å²) in [6, 6.07) is 5.83. The van der Waals surface area contributed by atoms with Crippen LogP contribution in [0.5, 0.6) is 11.5 Å². The predicted molar refractivity (Wildman–Crippen MR) is 83.7 cm³/mol. The molecule has 2 aromatic rings. The molecule has 0 saturated carbocycles. The van der Waals surface area contributed by atoms with Crippen molar-refractivity contribution in [2.75, 3.05) is 13.2 Å². The molecule has 1 aliphatic rings. The van der Waals surface area contributed by atoms with Crippen LogP contribution in [0, 0.1) is 11.6 Å². The van der Waals surface area contributed by atoms with Crippen molar-refractivity contribution in [3.63, 3.8) is 0 Å². The van der Waals surface area contributed by atoms with E-state index in [0.717, 1.165) is 0 Å². The number of ether oxygens (including phenoxy) is 2. The van der Waals surface area contributed by atoms with Crippen molar-refractivity contribution in [1.82, 2.24) is 10.9 Å². The summed E-state index contributed by atoms with van der Waals surface area (Å²) in [5.41, 5.74) is 4.13. The van der Waals surface area contributed by atoms with E-state index in [1.165, 1.54) is 12.1 Å². The van der Waals surface area contributed by atoms with Gasteiger partial charge in [0.1, 0.15) is 13.2 Å². The van der Waals surface area contributed by atoms with Gasteiger partial charge in [-0.25, -0.2) is 8.78 Å². The average molecular weight is 369 g/mol. The summed E-state index contributed by atoms with van der Waals surface area (Å²) in [5.74, 6) is -3.01. The summed E-state index contributed by atoms with van der Waals surface area (Å²) in [5, 5.41) is -0.287. The van der Waals surface area contributed by atoms with Crippen LogP contribution >= 0.6 is 11.6 Å². The molecule has 2 aromatic carbocycles. The molecule has 1 aliphatic heterocycles. The van der Waals surface area contributed by atoms with Crippen LogP contribution in [-0.4, -0.2) is 25.0 Å². The van der Waals surface area contributed by atoms with Crippen LogP contribution in [0.15, 0.2) is 30.3 Å². The topological polar surface area (TPSA) is 76.7 Å². The second-order valence-corrected chi connectivity index (χ2v) is 5.42. The van der Waals surface area contributed by atoms with Gasteiger partial charge in [-0.15, -0.1) is 0 Å². The Hall–Kier alpha value is -2.87. The van der Waals surface area contributed by atoms with Crippen molar-refractivity contribution in [3.8, 4) is 11.5 Å². The van der Waals surface area contributed by atoms with Crippen molar-refractivity contribution in [2.24, 2.45) is 0 Å². The SMILES string of the molecule is O=C(NNC(=O)c1cc(F)c(F)cc1Cl)c1ccc2c(c1)OCCO2. The molecule has 0 saturated heterocycles. The highest BCUT2D eigenvalue weighted by Gasteiger charge is 2.18. The van der Waals surface area contributed by atoms with E-state index in [2.05, 4.69) is 10.9 Å². The minimum absolute atomic E-state index is 0.209. The number of carbonyl (C=O) groups excluding carboxylic acids is 2. The van der Waals surface area contributed by atoms with Gasteiger partial charge in [0.05, 0.1) is 10.6 Å². The first-order chi connectivity index (χ1) is 12.0. The Bertz CT molecular complexity index is 860. The van der Waals surface area contributed by atoms with Crippen LogP contribution < -0.4 is 20.3 Å². The Kier molecular flexibility index (Phi) is 4.71. The first-order valence-corrected chi connectivity index (χ1v) is 7.48. The fourth-order valence-electron chi connectivity index (χ4n) is 2.13. The van der Waals surface area contributed by atoms with Crippen LogP contribution in [0.1, 0.15) is 20.7 Å². The lowest BCUT2D eigenvalue weighted by Gasteiger charge is -2.18. The lowest BCUT2D eigenvalue weighted by atomic mass is 10.2. The highest BCUT2D eigenvalue weighted by Crippen LogP contribution is 2.30. The molecule has 1 heterocycles. The Morgan fingerprint density at radius 3 is 2.32 bits per heavy atom. The highest BCUT2D eigenvalue weighted by molar-refractivity contribution is 6.33. The lowest BCUT2D eigenvalue weighted by Crippen LogP contribution is -2.41. The minimum atomic E-state index is -1.23. The maximum Gasteiger partial charge on any atom is 0.271 e. The summed E-state index contributed by atoms with van der Waals surface area (Å²) in [6.45, 7) is 0.785. The van der Waals surface area contributed by atoms with E-state index in [0.29, 0.717) is 36.8 Å². The first-order valence-electron chi connectivity index (χ1n) is 7.10. The second kappa shape index (κ2) is 6.94. The molecule has 2 N–H and O–H groups in total. The number of nitrogens with one attached hydrogen (secondary N) is 2. The third kappa shape index (κ3) is 3.63. The van der Waals surface area contributed by atoms with Gasteiger partial charge in [-0.05, 0) is 30.3 Å². The molecular weight excluding hydrogens is 358 g/mol. The minimum Gasteiger partial charge on any atom is -0.486 e. The summed E-state index contributed by atoms with van der Waals surface area (Å²) < 4.78 is 36.9. The van der Waals surface area contributed by atoms with Crippen molar-refractivity contribution in [1.29, 1.82) is 0 Å². The van der Waals surface area contributed by atoms with Gasteiger partial charge < -0.3 is 9.47 Å². The van der Waals surface area contributed by atoms with Gasteiger partial charge in [0.2, 0.25) is 0 Å². The Morgan fingerprint density at radius 1 is 0.920 bits per heavy atom. The van der Waals surface area contributed by atoms with E-state index in [9.17, 15) is 18.4 Å². The van der Waals surface area contributed by atoms with Crippen LogP contribution in [0.25, 0.3) is 0 Å². The number of halogens is 3. The molecule has 0 unspecified atom stereocenters. The molecule has 25 heavy (non-hydrogen) atoms. The number of hydrogen-bond acceptors (Lipinski definition) is 4. The van der Waals surface area contributed by atoms with Gasteiger partial charge in [0.25, 0.3) is 11.8 Å². The van der Waals surface area contributed by atoms with Crippen LogP contribution in [-0.2, 0) is 0 Å². The monoisotopic (exact) mass is 368 g/mol. The molecule has 0 fully saturated rings. The molecule has 2 amide bonds. The molecule has 0 atom stereocenters. The molecule has 3 rings (SSSR count). The van der Waals surface area contributed by atoms with E-state index < -0.39 is 23.4 Å². The summed E-state index contributed by atoms with van der Waals surface area (Å²) in [6.07, 6.45) is 0. The molecular formula is C16H11ClF2N2O4. The number of hydrazine groups is 1. The predicted octanol–water partition coefficient (Wildman–Crippen LogP) is 2.46. The van der Waals surface area contributed by atoms with E-state index in [4.69, 9.17) is 21.1 Å². The first kappa shape index (κ1) is 17.0. The van der Waals surface area contributed by atoms with E-state index in [-0.39, 0.29) is 16.1 Å². The summed E-state index contributed by atoms with van der Waals surface area (Å²) in [4.78, 5) is 24.0. The molecule has 0 aliphatic carbocycles. The normalized spacial score (nSPS) is 12.4. The highest BCUT2D eigenvalue weighted by atomic mass is 35.5. The Morgan fingerprint density at radius 2 is 1.56 bits per heavy atom. The van der Waals surface area contributed by atoms with Gasteiger partial charge in [-0.1, -0.05) is 11.6 Å². The van der Waals surface area contributed by atoms with Gasteiger partial charge >= 0.3 is 0 Å². The average Bonchev–Trinajstić information content (AvgIpc) is 2.62. The van der Waals surface area contributed by atoms with E-state index in [1.54, 1.807) is 6.07 Å². The van der Waals surface area contributed by atoms with Crippen molar-refractivity contribution in [2.45, 2.75) is 0 Å². The maximum atomic E-state index is 13.2. The van der Waals surface area contributed by atoms with Crippen molar-refractivity contribution >= 4 is 23.4 Å².